The third-order valence-corrected chi connectivity index (χ3v) is 3.48. The van der Waals surface area contributed by atoms with E-state index < -0.39 is 0 Å². The number of aromatic nitrogens is 5. The molecule has 0 aliphatic carbocycles. The molecule has 24 heavy (non-hydrogen) atoms. The summed E-state index contributed by atoms with van der Waals surface area (Å²) in [6.45, 7) is 6.65. The normalized spacial score (nSPS) is 11.5. The molecule has 0 atom stereocenters. The van der Waals surface area contributed by atoms with Crippen LogP contribution >= 0.6 is 0 Å². The summed E-state index contributed by atoms with van der Waals surface area (Å²) in [5.41, 5.74) is 1.56. The van der Waals surface area contributed by atoms with Crippen LogP contribution in [0.1, 0.15) is 42.8 Å². The van der Waals surface area contributed by atoms with Crippen molar-refractivity contribution in [3.63, 3.8) is 0 Å². The number of carbonyl (C=O) groups is 1. The van der Waals surface area contributed by atoms with E-state index >= 15 is 0 Å². The smallest absolute Gasteiger partial charge is 0.295 e. The van der Waals surface area contributed by atoms with Gasteiger partial charge >= 0.3 is 0 Å². The summed E-state index contributed by atoms with van der Waals surface area (Å²) in [5.74, 6) is 0.434. The number of rotatable bonds is 4. The molecule has 0 saturated carbocycles. The molecule has 7 nitrogen and oxygen atoms in total. The Hall–Kier alpha value is -2.96. The Kier molecular flexibility index (Phi) is 4.16. The maximum atomic E-state index is 12.2. The maximum Gasteiger partial charge on any atom is 0.295 e. The third kappa shape index (κ3) is 3.68. The van der Waals surface area contributed by atoms with Crippen LogP contribution in [-0.2, 0) is 12.0 Å². The molecule has 0 spiro atoms. The topological polar surface area (TPSA) is 88.5 Å². The van der Waals surface area contributed by atoms with Crippen LogP contribution in [0.2, 0.25) is 0 Å². The van der Waals surface area contributed by atoms with Crippen LogP contribution in [0.3, 0.4) is 0 Å². The molecule has 2 aromatic heterocycles. The van der Waals surface area contributed by atoms with E-state index in [1.807, 2.05) is 51.1 Å². The zero-order valence-corrected chi connectivity index (χ0v) is 13.9. The lowest BCUT2D eigenvalue weighted by atomic mass is 9.96. The van der Waals surface area contributed by atoms with Gasteiger partial charge in [-0.05, 0) is 5.56 Å². The molecule has 0 saturated heterocycles. The zero-order valence-electron chi connectivity index (χ0n) is 13.9. The number of anilines is 1. The molecule has 2 heterocycles. The Labute approximate surface area is 140 Å². The number of benzene rings is 1. The number of aromatic amines is 1. The molecule has 3 aromatic rings. The van der Waals surface area contributed by atoms with Crippen molar-refractivity contribution in [1.82, 2.24) is 25.0 Å². The largest absolute Gasteiger partial charge is 0.316 e. The highest BCUT2D eigenvalue weighted by molar-refractivity contribution is 6.01. The number of H-pyrrole nitrogens is 1. The first-order chi connectivity index (χ1) is 11.4. The fourth-order valence-electron chi connectivity index (χ4n) is 2.17. The number of carbonyl (C=O) groups excluding carboxylic acids is 1. The van der Waals surface area contributed by atoms with E-state index in [9.17, 15) is 4.79 Å². The van der Waals surface area contributed by atoms with Crippen molar-refractivity contribution in [2.45, 2.75) is 32.7 Å². The number of amides is 1. The summed E-state index contributed by atoms with van der Waals surface area (Å²) in [5, 5.41) is 13.8. The van der Waals surface area contributed by atoms with E-state index in [1.54, 1.807) is 17.1 Å². The van der Waals surface area contributed by atoms with E-state index in [1.165, 1.54) is 0 Å². The summed E-state index contributed by atoms with van der Waals surface area (Å²) in [4.78, 5) is 16.5. The molecule has 3 rings (SSSR count). The first kappa shape index (κ1) is 15.9. The minimum atomic E-state index is -0.360. The molecule has 1 aromatic carbocycles. The van der Waals surface area contributed by atoms with Crippen molar-refractivity contribution in [3.8, 4) is 0 Å². The lowest BCUT2D eigenvalue weighted by molar-refractivity contribution is 0.101. The van der Waals surface area contributed by atoms with Crippen LogP contribution in [0.4, 0.5) is 5.69 Å². The molecule has 2 N–H and O–H groups in total. The van der Waals surface area contributed by atoms with Crippen molar-refractivity contribution < 1.29 is 4.79 Å². The van der Waals surface area contributed by atoms with Gasteiger partial charge in [0.25, 0.3) is 5.91 Å². The van der Waals surface area contributed by atoms with Crippen molar-refractivity contribution in [2.75, 3.05) is 5.32 Å². The van der Waals surface area contributed by atoms with Crippen molar-refractivity contribution in [2.24, 2.45) is 0 Å². The van der Waals surface area contributed by atoms with E-state index in [0.717, 1.165) is 5.56 Å². The van der Waals surface area contributed by atoms with Crippen LogP contribution in [0, 0.1) is 0 Å². The summed E-state index contributed by atoms with van der Waals surface area (Å²) in [6, 6.07) is 10.00. The summed E-state index contributed by atoms with van der Waals surface area (Å²) < 4.78 is 1.77. The molecule has 0 radical (unpaired) electrons. The van der Waals surface area contributed by atoms with Gasteiger partial charge in [-0.3, -0.25) is 14.6 Å². The van der Waals surface area contributed by atoms with E-state index in [0.29, 0.717) is 18.1 Å². The molecule has 7 heteroatoms. The zero-order chi connectivity index (χ0) is 17.2. The molecular weight excluding hydrogens is 304 g/mol. The Morgan fingerprint density at radius 1 is 1.25 bits per heavy atom. The van der Waals surface area contributed by atoms with E-state index in [2.05, 4.69) is 25.6 Å². The first-order valence-electron chi connectivity index (χ1n) is 7.72. The van der Waals surface area contributed by atoms with Gasteiger partial charge in [-0.15, -0.1) is 5.10 Å². The van der Waals surface area contributed by atoms with Gasteiger partial charge < -0.3 is 5.32 Å². The quantitative estimate of drug-likeness (QED) is 0.772. The van der Waals surface area contributed by atoms with Gasteiger partial charge in [0.2, 0.25) is 5.82 Å². The molecular formula is C17H20N6O. The first-order valence-corrected chi connectivity index (χ1v) is 7.72. The van der Waals surface area contributed by atoms with Crippen LogP contribution in [0.15, 0.2) is 42.7 Å². The second-order valence-corrected chi connectivity index (χ2v) is 6.62. The molecule has 0 aliphatic heterocycles. The summed E-state index contributed by atoms with van der Waals surface area (Å²) in [7, 11) is 0. The Morgan fingerprint density at radius 2 is 2.00 bits per heavy atom. The number of hydrogen-bond donors (Lipinski definition) is 2. The second-order valence-electron chi connectivity index (χ2n) is 6.62. The Bertz CT molecular complexity index is 828. The highest BCUT2D eigenvalue weighted by Crippen LogP contribution is 2.17. The molecule has 124 valence electrons. The van der Waals surface area contributed by atoms with Gasteiger partial charge in [0.15, 0.2) is 0 Å². The van der Waals surface area contributed by atoms with Gasteiger partial charge in [-0.25, -0.2) is 4.98 Å². The van der Waals surface area contributed by atoms with E-state index in [4.69, 9.17) is 0 Å². The van der Waals surface area contributed by atoms with Crippen molar-refractivity contribution in [3.05, 3.63) is 59.9 Å². The van der Waals surface area contributed by atoms with E-state index in [-0.39, 0.29) is 17.1 Å². The highest BCUT2D eigenvalue weighted by Gasteiger charge is 2.21. The monoisotopic (exact) mass is 324 g/mol. The minimum absolute atomic E-state index is 0.121. The van der Waals surface area contributed by atoms with Gasteiger partial charge in [0.05, 0.1) is 18.4 Å². The third-order valence-electron chi connectivity index (χ3n) is 3.48. The summed E-state index contributed by atoms with van der Waals surface area (Å²) in [6.07, 6.45) is 3.39. The molecule has 0 fully saturated rings. The molecule has 0 bridgehead atoms. The van der Waals surface area contributed by atoms with Crippen LogP contribution in [-0.4, -0.2) is 30.9 Å². The number of nitrogens with one attached hydrogen (secondary N) is 2. The predicted molar refractivity (Wildman–Crippen MR) is 90.8 cm³/mol. The van der Waals surface area contributed by atoms with Crippen LogP contribution < -0.4 is 5.32 Å². The van der Waals surface area contributed by atoms with Crippen LogP contribution in [0.25, 0.3) is 0 Å². The van der Waals surface area contributed by atoms with Crippen LogP contribution in [0.5, 0.6) is 0 Å². The average Bonchev–Trinajstić information content (AvgIpc) is 3.17. The fraction of sp³-hybridized carbons (Fsp3) is 0.294. The number of hydrogen-bond acceptors (Lipinski definition) is 4. The summed E-state index contributed by atoms with van der Waals surface area (Å²) >= 11 is 0. The number of nitrogens with zero attached hydrogens (tertiary/aromatic N) is 4. The van der Waals surface area contributed by atoms with Crippen molar-refractivity contribution >= 4 is 11.6 Å². The molecule has 0 unspecified atom stereocenters. The lowest BCUT2D eigenvalue weighted by Gasteiger charge is -2.12. The molecule has 0 aliphatic rings. The highest BCUT2D eigenvalue weighted by atomic mass is 16.2. The minimum Gasteiger partial charge on any atom is -0.316 e. The van der Waals surface area contributed by atoms with Gasteiger partial charge in [-0.1, -0.05) is 51.1 Å². The van der Waals surface area contributed by atoms with Gasteiger partial charge in [0, 0.05) is 11.6 Å². The fourth-order valence-corrected chi connectivity index (χ4v) is 2.17. The lowest BCUT2D eigenvalue weighted by Crippen LogP contribution is -2.16. The maximum absolute atomic E-state index is 12.2. The van der Waals surface area contributed by atoms with Crippen molar-refractivity contribution in [1.29, 1.82) is 0 Å². The Balaban J connectivity index is 1.66. The van der Waals surface area contributed by atoms with Gasteiger partial charge in [0.1, 0.15) is 5.82 Å². The SMILES string of the molecule is CC(C)(C)c1nc(C(=O)Nc2cnn(Cc3ccccc3)c2)n[nH]1. The second kappa shape index (κ2) is 6.27. The predicted octanol–water partition coefficient (Wildman–Crippen LogP) is 2.60. The average molecular weight is 324 g/mol. The van der Waals surface area contributed by atoms with Gasteiger partial charge in [-0.2, -0.15) is 5.10 Å². The molecule has 1 amide bonds. The Morgan fingerprint density at radius 3 is 2.67 bits per heavy atom. The standard InChI is InChI=1S/C17H20N6O/c1-17(2,3)16-20-14(21-22-16)15(24)19-13-9-18-23(11-13)10-12-7-5-4-6-8-12/h4-9,11H,10H2,1-3H3,(H,19,24)(H,20,21,22).